The van der Waals surface area contributed by atoms with E-state index in [1.54, 1.807) is 22.0 Å². The van der Waals surface area contributed by atoms with Gasteiger partial charge < -0.3 is 5.32 Å². The molecule has 0 radical (unpaired) electrons. The van der Waals surface area contributed by atoms with Gasteiger partial charge >= 0.3 is 6.03 Å². The van der Waals surface area contributed by atoms with Crippen LogP contribution >= 0.6 is 23.1 Å². The van der Waals surface area contributed by atoms with E-state index in [2.05, 4.69) is 17.2 Å². The van der Waals surface area contributed by atoms with Gasteiger partial charge in [0.2, 0.25) is 5.91 Å². The molecule has 2 heterocycles. The number of thiophene rings is 1. The van der Waals surface area contributed by atoms with Crippen molar-refractivity contribution in [3.05, 3.63) is 33.4 Å². The van der Waals surface area contributed by atoms with E-state index < -0.39 is 6.03 Å². The maximum Gasteiger partial charge on any atom is 0.321 e. The Balaban J connectivity index is 1.42. The fourth-order valence-corrected chi connectivity index (χ4v) is 6.58. The number of thioether (sulfide) groups is 1. The van der Waals surface area contributed by atoms with Gasteiger partial charge in [-0.15, -0.1) is 17.9 Å². The molecule has 3 amide bonds. The van der Waals surface area contributed by atoms with Gasteiger partial charge in [-0.05, 0) is 44.1 Å². The van der Waals surface area contributed by atoms with Crippen molar-refractivity contribution in [1.82, 2.24) is 20.2 Å². The van der Waals surface area contributed by atoms with Gasteiger partial charge in [-0.3, -0.25) is 19.5 Å². The molecule has 2 aliphatic carbocycles. The molecule has 0 bridgehead atoms. The minimum absolute atomic E-state index is 0.0211. The first-order valence-electron chi connectivity index (χ1n) is 11.0. The molecule has 2 aromatic rings. The van der Waals surface area contributed by atoms with Crippen molar-refractivity contribution in [1.29, 1.82) is 0 Å². The van der Waals surface area contributed by atoms with Crippen molar-refractivity contribution in [2.45, 2.75) is 75.5 Å². The quantitative estimate of drug-likeness (QED) is 0.373. The Labute approximate surface area is 189 Å². The number of nitrogens with one attached hydrogen (secondary N) is 2. The molecule has 166 valence electrons. The highest BCUT2D eigenvalue weighted by Crippen LogP contribution is 2.34. The predicted octanol–water partition coefficient (Wildman–Crippen LogP) is 3.77. The smallest absolute Gasteiger partial charge is 0.321 e. The number of fused-ring (bicyclic) bond motifs is 3. The summed E-state index contributed by atoms with van der Waals surface area (Å²) < 4.78 is 1.65. The van der Waals surface area contributed by atoms with Crippen LogP contribution < -0.4 is 16.2 Å². The minimum atomic E-state index is -0.422. The lowest BCUT2D eigenvalue weighted by Gasteiger charge is -2.13. The SMILES string of the molecule is C=CCn1c(SCCC(=O)NC(=O)NC2CCCC2)nc2sc3c(c2c1=O)CCCC3. The van der Waals surface area contributed by atoms with E-state index in [9.17, 15) is 14.4 Å². The van der Waals surface area contributed by atoms with Gasteiger partial charge in [0.25, 0.3) is 5.56 Å². The van der Waals surface area contributed by atoms with Crippen LogP contribution in [0.3, 0.4) is 0 Å². The lowest BCUT2D eigenvalue weighted by Crippen LogP contribution is -2.43. The number of allylic oxidation sites excluding steroid dienone is 1. The Kier molecular flexibility index (Phi) is 7.12. The summed E-state index contributed by atoms with van der Waals surface area (Å²) in [6.45, 7) is 4.15. The summed E-state index contributed by atoms with van der Waals surface area (Å²) in [4.78, 5) is 44.2. The normalized spacial score (nSPS) is 16.3. The molecule has 9 heteroatoms. The topological polar surface area (TPSA) is 93.1 Å². The average Bonchev–Trinajstić information content (AvgIpc) is 3.37. The second-order valence-corrected chi connectivity index (χ2v) is 10.2. The number of urea groups is 1. The van der Waals surface area contributed by atoms with Gasteiger partial charge in [0, 0.05) is 29.6 Å². The third-order valence-electron chi connectivity index (χ3n) is 5.86. The summed E-state index contributed by atoms with van der Waals surface area (Å²) in [5, 5.41) is 6.60. The van der Waals surface area contributed by atoms with Gasteiger partial charge in [-0.1, -0.05) is 30.7 Å². The van der Waals surface area contributed by atoms with E-state index in [0.29, 0.717) is 17.5 Å². The lowest BCUT2D eigenvalue weighted by atomic mass is 9.97. The number of carbonyl (C=O) groups excluding carboxylic acids is 2. The van der Waals surface area contributed by atoms with Crippen LogP contribution in [0.2, 0.25) is 0 Å². The predicted molar refractivity (Wildman–Crippen MR) is 125 cm³/mol. The Morgan fingerprint density at radius 2 is 2.00 bits per heavy atom. The first kappa shape index (κ1) is 22.1. The standard InChI is InChI=1S/C22H28N4O3S2/c1-2-12-26-20(28)18-15-9-5-6-10-16(15)31-19(18)25-22(26)30-13-11-17(27)24-21(29)23-14-7-3-4-8-14/h2,14H,1,3-13H2,(H2,23,24,27,29). The van der Waals surface area contributed by atoms with Crippen molar-refractivity contribution in [2.75, 3.05) is 5.75 Å². The van der Waals surface area contributed by atoms with Crippen LogP contribution in [0.1, 0.15) is 55.4 Å². The molecule has 0 aliphatic heterocycles. The number of imide groups is 1. The van der Waals surface area contributed by atoms with Gasteiger partial charge in [-0.25, -0.2) is 9.78 Å². The van der Waals surface area contributed by atoms with Crippen LogP contribution in [0.15, 0.2) is 22.6 Å². The highest BCUT2D eigenvalue weighted by atomic mass is 32.2. The van der Waals surface area contributed by atoms with Crippen molar-refractivity contribution in [3.8, 4) is 0 Å². The minimum Gasteiger partial charge on any atom is -0.335 e. The third-order valence-corrected chi connectivity index (χ3v) is 8.02. The van der Waals surface area contributed by atoms with Gasteiger partial charge in [0.15, 0.2) is 5.16 Å². The first-order chi connectivity index (χ1) is 15.1. The van der Waals surface area contributed by atoms with Gasteiger partial charge in [0.1, 0.15) is 4.83 Å². The van der Waals surface area contributed by atoms with Crippen LogP contribution in [-0.2, 0) is 24.2 Å². The van der Waals surface area contributed by atoms with E-state index in [0.717, 1.165) is 61.6 Å². The fraction of sp³-hybridized carbons (Fsp3) is 0.545. The van der Waals surface area contributed by atoms with E-state index in [1.165, 1.54) is 22.2 Å². The summed E-state index contributed by atoms with van der Waals surface area (Å²) in [6, 6.07) is -0.253. The largest absolute Gasteiger partial charge is 0.335 e. The average molecular weight is 461 g/mol. The van der Waals surface area contributed by atoms with Crippen LogP contribution in [0, 0.1) is 0 Å². The molecule has 2 aliphatic rings. The zero-order valence-corrected chi connectivity index (χ0v) is 19.2. The van der Waals surface area contributed by atoms with Crippen molar-refractivity contribution in [2.24, 2.45) is 0 Å². The first-order valence-corrected chi connectivity index (χ1v) is 12.8. The summed E-state index contributed by atoms with van der Waals surface area (Å²) in [6.07, 6.45) is 10.3. The number of nitrogens with zero attached hydrogens (tertiary/aromatic N) is 2. The van der Waals surface area contributed by atoms with E-state index in [1.807, 2.05) is 0 Å². The molecule has 31 heavy (non-hydrogen) atoms. The van der Waals surface area contributed by atoms with E-state index >= 15 is 0 Å². The van der Waals surface area contributed by atoms with Gasteiger partial charge in [0.05, 0.1) is 5.39 Å². The van der Waals surface area contributed by atoms with Crippen molar-refractivity contribution < 1.29 is 9.59 Å². The van der Waals surface area contributed by atoms with Crippen LogP contribution in [0.25, 0.3) is 10.2 Å². The molecule has 0 atom stereocenters. The second-order valence-electron chi connectivity index (χ2n) is 8.09. The maximum absolute atomic E-state index is 13.2. The number of hydrogen-bond donors (Lipinski definition) is 2. The summed E-state index contributed by atoms with van der Waals surface area (Å²) in [7, 11) is 0. The third kappa shape index (κ3) is 5.03. The monoisotopic (exact) mass is 460 g/mol. The summed E-state index contributed by atoms with van der Waals surface area (Å²) in [5.74, 6) is 0.108. The molecular weight excluding hydrogens is 432 g/mol. The van der Waals surface area contributed by atoms with Gasteiger partial charge in [-0.2, -0.15) is 0 Å². The number of carbonyl (C=O) groups is 2. The fourth-order valence-electron chi connectivity index (χ4n) is 4.34. The highest BCUT2D eigenvalue weighted by Gasteiger charge is 2.22. The molecule has 0 saturated heterocycles. The Morgan fingerprint density at radius 1 is 1.23 bits per heavy atom. The molecule has 2 aromatic heterocycles. The molecule has 1 fully saturated rings. The lowest BCUT2D eigenvalue weighted by molar-refractivity contribution is -0.119. The number of amides is 3. The summed E-state index contributed by atoms with van der Waals surface area (Å²) >= 11 is 2.99. The molecule has 1 saturated carbocycles. The summed E-state index contributed by atoms with van der Waals surface area (Å²) in [5.41, 5.74) is 1.15. The van der Waals surface area contributed by atoms with Crippen molar-refractivity contribution in [3.63, 3.8) is 0 Å². The van der Waals surface area contributed by atoms with E-state index in [4.69, 9.17) is 4.98 Å². The van der Waals surface area contributed by atoms with Crippen molar-refractivity contribution >= 4 is 45.3 Å². The number of aryl methyl sites for hydroxylation is 2. The molecular formula is C22H28N4O3S2. The maximum atomic E-state index is 13.2. The Hall–Kier alpha value is -2.13. The zero-order valence-electron chi connectivity index (χ0n) is 17.6. The number of hydrogen-bond acceptors (Lipinski definition) is 6. The Morgan fingerprint density at radius 3 is 2.77 bits per heavy atom. The Bertz CT molecular complexity index is 1050. The molecule has 0 spiro atoms. The zero-order chi connectivity index (χ0) is 21.8. The van der Waals surface area contributed by atoms with Crippen LogP contribution in [-0.4, -0.2) is 33.3 Å². The molecule has 7 nitrogen and oxygen atoms in total. The van der Waals surface area contributed by atoms with Crippen LogP contribution in [0.5, 0.6) is 0 Å². The number of rotatable bonds is 7. The number of aromatic nitrogens is 2. The molecule has 2 N–H and O–H groups in total. The highest BCUT2D eigenvalue weighted by molar-refractivity contribution is 7.99. The van der Waals surface area contributed by atoms with E-state index in [-0.39, 0.29) is 23.9 Å². The second kappa shape index (κ2) is 9.99. The molecule has 0 unspecified atom stereocenters. The van der Waals surface area contributed by atoms with Crippen LogP contribution in [0.4, 0.5) is 4.79 Å². The molecule has 4 rings (SSSR count). The molecule has 0 aromatic carbocycles.